The van der Waals surface area contributed by atoms with Crippen molar-refractivity contribution in [2.45, 2.75) is 65.8 Å². The first kappa shape index (κ1) is 13.4. The molecule has 0 amide bonds. The number of hydrogen-bond acceptors (Lipinski definition) is 1. The standard InChI is InChI=1S/C16H31N/c1-5-17-16-7-6-15(13(16)4)14-9-11(2)8-12(3)10-14/h11-17H,5-10H2,1-4H3. The molecule has 17 heavy (non-hydrogen) atoms. The number of rotatable bonds is 3. The van der Waals surface area contributed by atoms with E-state index in [1.165, 1.54) is 32.1 Å². The zero-order valence-electron chi connectivity index (χ0n) is 12.2. The van der Waals surface area contributed by atoms with Crippen molar-refractivity contribution in [3.05, 3.63) is 0 Å². The van der Waals surface area contributed by atoms with Crippen LogP contribution in [0.25, 0.3) is 0 Å². The summed E-state index contributed by atoms with van der Waals surface area (Å²) in [5.41, 5.74) is 0. The monoisotopic (exact) mass is 237 g/mol. The van der Waals surface area contributed by atoms with Gasteiger partial charge in [0, 0.05) is 6.04 Å². The van der Waals surface area contributed by atoms with Gasteiger partial charge in [-0.15, -0.1) is 0 Å². The Morgan fingerprint density at radius 3 is 2.18 bits per heavy atom. The van der Waals surface area contributed by atoms with Gasteiger partial charge in [-0.25, -0.2) is 0 Å². The average molecular weight is 237 g/mol. The summed E-state index contributed by atoms with van der Waals surface area (Å²) in [5.74, 6) is 4.86. The van der Waals surface area contributed by atoms with E-state index in [0.717, 1.165) is 42.2 Å². The van der Waals surface area contributed by atoms with Crippen molar-refractivity contribution in [3.8, 4) is 0 Å². The van der Waals surface area contributed by atoms with Crippen molar-refractivity contribution in [1.29, 1.82) is 0 Å². The Hall–Kier alpha value is -0.0400. The molecule has 0 aromatic carbocycles. The molecule has 5 unspecified atom stereocenters. The summed E-state index contributed by atoms with van der Waals surface area (Å²) in [5, 5.41) is 3.69. The largest absolute Gasteiger partial charge is 0.314 e. The van der Waals surface area contributed by atoms with Gasteiger partial charge in [0.05, 0.1) is 0 Å². The summed E-state index contributed by atoms with van der Waals surface area (Å²) in [6.45, 7) is 10.8. The van der Waals surface area contributed by atoms with Crippen molar-refractivity contribution >= 4 is 0 Å². The second-order valence-corrected chi connectivity index (χ2v) is 6.94. The van der Waals surface area contributed by atoms with Gasteiger partial charge in [-0.1, -0.05) is 27.7 Å². The SMILES string of the molecule is CCNC1CCC(C2CC(C)CC(C)C2)C1C. The van der Waals surface area contributed by atoms with Gasteiger partial charge in [0.2, 0.25) is 0 Å². The smallest absolute Gasteiger partial charge is 0.00954 e. The Labute approximate surface area is 108 Å². The summed E-state index contributed by atoms with van der Waals surface area (Å²) in [6, 6.07) is 0.803. The molecule has 0 aliphatic heterocycles. The van der Waals surface area contributed by atoms with Crippen LogP contribution < -0.4 is 5.32 Å². The van der Waals surface area contributed by atoms with Gasteiger partial charge >= 0.3 is 0 Å². The van der Waals surface area contributed by atoms with Crippen LogP contribution in [0.5, 0.6) is 0 Å². The lowest BCUT2D eigenvalue weighted by Gasteiger charge is -2.37. The van der Waals surface area contributed by atoms with Crippen LogP contribution in [0.15, 0.2) is 0 Å². The highest BCUT2D eigenvalue weighted by molar-refractivity contribution is 4.92. The fourth-order valence-electron chi connectivity index (χ4n) is 4.77. The van der Waals surface area contributed by atoms with Crippen LogP contribution in [0.4, 0.5) is 0 Å². The molecule has 0 aromatic heterocycles. The quantitative estimate of drug-likeness (QED) is 0.780. The molecular weight excluding hydrogens is 206 g/mol. The Balaban J connectivity index is 1.94. The maximum atomic E-state index is 3.69. The van der Waals surface area contributed by atoms with E-state index in [0.29, 0.717) is 0 Å². The van der Waals surface area contributed by atoms with Crippen molar-refractivity contribution < 1.29 is 0 Å². The molecule has 1 N–H and O–H groups in total. The second kappa shape index (κ2) is 5.73. The van der Waals surface area contributed by atoms with E-state index in [2.05, 4.69) is 33.0 Å². The fourth-order valence-corrected chi connectivity index (χ4v) is 4.77. The molecule has 1 nitrogen and oxygen atoms in total. The van der Waals surface area contributed by atoms with Crippen LogP contribution >= 0.6 is 0 Å². The minimum atomic E-state index is 0.803. The molecule has 2 aliphatic rings. The van der Waals surface area contributed by atoms with E-state index in [-0.39, 0.29) is 0 Å². The Bertz CT molecular complexity index is 228. The van der Waals surface area contributed by atoms with Crippen molar-refractivity contribution in [2.24, 2.45) is 29.6 Å². The van der Waals surface area contributed by atoms with Crippen LogP contribution in [0.2, 0.25) is 0 Å². The lowest BCUT2D eigenvalue weighted by atomic mass is 9.69. The van der Waals surface area contributed by atoms with Gasteiger partial charge in [0.1, 0.15) is 0 Å². The van der Waals surface area contributed by atoms with E-state index in [9.17, 15) is 0 Å². The van der Waals surface area contributed by atoms with Crippen LogP contribution in [0.1, 0.15) is 59.8 Å². The molecule has 0 heterocycles. The average Bonchev–Trinajstić information content (AvgIpc) is 2.60. The van der Waals surface area contributed by atoms with E-state index < -0.39 is 0 Å². The highest BCUT2D eigenvalue weighted by Crippen LogP contribution is 2.45. The minimum Gasteiger partial charge on any atom is -0.314 e. The van der Waals surface area contributed by atoms with E-state index in [1.807, 2.05) is 0 Å². The minimum absolute atomic E-state index is 0.803. The molecule has 2 saturated carbocycles. The van der Waals surface area contributed by atoms with Crippen molar-refractivity contribution in [3.63, 3.8) is 0 Å². The predicted octanol–water partition coefficient (Wildman–Crippen LogP) is 4.08. The molecule has 0 spiro atoms. The normalized spacial score (nSPS) is 47.3. The molecule has 0 aromatic rings. The summed E-state index contributed by atoms with van der Waals surface area (Å²) in [6.07, 6.45) is 7.35. The second-order valence-electron chi connectivity index (χ2n) is 6.94. The molecule has 2 rings (SSSR count). The van der Waals surface area contributed by atoms with Gasteiger partial charge in [-0.3, -0.25) is 0 Å². The molecular formula is C16H31N. The maximum absolute atomic E-state index is 3.69. The Morgan fingerprint density at radius 1 is 0.941 bits per heavy atom. The lowest BCUT2D eigenvalue weighted by molar-refractivity contribution is 0.135. The maximum Gasteiger partial charge on any atom is 0.00954 e. The molecule has 100 valence electrons. The fraction of sp³-hybridized carbons (Fsp3) is 1.00. The van der Waals surface area contributed by atoms with Crippen LogP contribution in [0.3, 0.4) is 0 Å². The predicted molar refractivity (Wildman–Crippen MR) is 75.0 cm³/mol. The zero-order chi connectivity index (χ0) is 12.4. The third kappa shape index (κ3) is 3.05. The summed E-state index contributed by atoms with van der Waals surface area (Å²) >= 11 is 0. The molecule has 0 saturated heterocycles. The third-order valence-electron chi connectivity index (χ3n) is 5.41. The summed E-state index contributed by atoms with van der Waals surface area (Å²) in [7, 11) is 0. The Kier molecular flexibility index (Phi) is 4.52. The van der Waals surface area contributed by atoms with Crippen LogP contribution in [-0.2, 0) is 0 Å². The molecule has 0 radical (unpaired) electrons. The van der Waals surface area contributed by atoms with Gasteiger partial charge in [0.25, 0.3) is 0 Å². The van der Waals surface area contributed by atoms with Gasteiger partial charge in [-0.2, -0.15) is 0 Å². The van der Waals surface area contributed by atoms with Crippen LogP contribution in [0, 0.1) is 29.6 Å². The zero-order valence-corrected chi connectivity index (χ0v) is 12.2. The van der Waals surface area contributed by atoms with Gasteiger partial charge in [-0.05, 0) is 68.2 Å². The first-order valence-electron chi connectivity index (χ1n) is 7.85. The Morgan fingerprint density at radius 2 is 1.59 bits per heavy atom. The van der Waals surface area contributed by atoms with Crippen LogP contribution in [-0.4, -0.2) is 12.6 Å². The third-order valence-corrected chi connectivity index (χ3v) is 5.41. The van der Waals surface area contributed by atoms with E-state index >= 15 is 0 Å². The molecule has 2 fully saturated rings. The highest BCUT2D eigenvalue weighted by Gasteiger charge is 2.39. The van der Waals surface area contributed by atoms with Gasteiger partial charge in [0.15, 0.2) is 0 Å². The molecule has 1 heteroatoms. The summed E-state index contributed by atoms with van der Waals surface area (Å²) < 4.78 is 0. The van der Waals surface area contributed by atoms with E-state index in [1.54, 1.807) is 0 Å². The number of hydrogen-bond donors (Lipinski definition) is 1. The van der Waals surface area contributed by atoms with Crippen molar-refractivity contribution in [2.75, 3.05) is 6.54 Å². The molecule has 2 aliphatic carbocycles. The topological polar surface area (TPSA) is 12.0 Å². The summed E-state index contributed by atoms with van der Waals surface area (Å²) in [4.78, 5) is 0. The molecule has 0 bridgehead atoms. The first-order chi connectivity index (χ1) is 8.11. The molecule has 5 atom stereocenters. The van der Waals surface area contributed by atoms with Gasteiger partial charge < -0.3 is 5.32 Å². The lowest BCUT2D eigenvalue weighted by Crippen LogP contribution is -2.35. The highest BCUT2D eigenvalue weighted by atomic mass is 14.9. The van der Waals surface area contributed by atoms with E-state index in [4.69, 9.17) is 0 Å². The number of nitrogens with one attached hydrogen (secondary N) is 1. The van der Waals surface area contributed by atoms with Crippen molar-refractivity contribution in [1.82, 2.24) is 5.32 Å². The first-order valence-corrected chi connectivity index (χ1v) is 7.85.